The molecule has 1 aromatic carbocycles. The second-order valence-corrected chi connectivity index (χ2v) is 5.00. The number of Topliss-reactive ketones (excluding diaryl/α,β-unsaturated/α-hetero) is 1. The highest BCUT2D eigenvalue weighted by Gasteiger charge is 2.14. The Labute approximate surface area is 135 Å². The van der Waals surface area contributed by atoms with Gasteiger partial charge in [0.1, 0.15) is 11.6 Å². The van der Waals surface area contributed by atoms with Gasteiger partial charge in [-0.05, 0) is 42.5 Å². The van der Waals surface area contributed by atoms with Crippen LogP contribution in [-0.2, 0) is 20.9 Å². The number of carbonyl (C=O) groups is 3. The molecule has 1 aromatic heterocycles. The molecule has 0 aliphatic rings. The van der Waals surface area contributed by atoms with E-state index in [0.717, 1.165) is 24.3 Å². The summed E-state index contributed by atoms with van der Waals surface area (Å²) in [4.78, 5) is 32.9. The molecule has 0 aliphatic heterocycles. The number of benzene rings is 1. The molecular formula is C17H13F2NO4. The second-order valence-electron chi connectivity index (χ2n) is 5.00. The highest BCUT2D eigenvalue weighted by molar-refractivity contribution is 6.37. The van der Waals surface area contributed by atoms with Gasteiger partial charge in [-0.2, -0.15) is 0 Å². The highest BCUT2D eigenvalue weighted by Crippen LogP contribution is 2.14. The van der Waals surface area contributed by atoms with Crippen LogP contribution in [0.4, 0.5) is 8.78 Å². The van der Waals surface area contributed by atoms with Gasteiger partial charge in [0.25, 0.3) is 0 Å². The van der Waals surface area contributed by atoms with Crippen molar-refractivity contribution in [2.45, 2.75) is 13.0 Å². The van der Waals surface area contributed by atoms with Crippen LogP contribution in [0, 0.1) is 11.6 Å². The monoisotopic (exact) mass is 333 g/mol. The molecule has 0 unspecified atom stereocenters. The van der Waals surface area contributed by atoms with E-state index in [2.05, 4.69) is 0 Å². The van der Waals surface area contributed by atoms with Gasteiger partial charge in [-0.3, -0.25) is 9.59 Å². The molecule has 1 heterocycles. The van der Waals surface area contributed by atoms with Gasteiger partial charge < -0.3 is 9.67 Å². The summed E-state index contributed by atoms with van der Waals surface area (Å²) < 4.78 is 28.5. The van der Waals surface area contributed by atoms with E-state index in [9.17, 15) is 23.2 Å². The van der Waals surface area contributed by atoms with Gasteiger partial charge in [0.05, 0.1) is 13.0 Å². The number of carboxylic acid groups (broad SMARTS) is 1. The Morgan fingerprint density at radius 2 is 1.92 bits per heavy atom. The lowest BCUT2D eigenvalue weighted by Gasteiger charge is -2.08. The number of aromatic nitrogens is 1. The van der Waals surface area contributed by atoms with E-state index in [4.69, 9.17) is 5.11 Å². The number of carboxylic acids is 1. The van der Waals surface area contributed by atoms with Gasteiger partial charge in [0.2, 0.25) is 5.78 Å². The van der Waals surface area contributed by atoms with Crippen molar-refractivity contribution in [2.75, 3.05) is 0 Å². The third-order valence-electron chi connectivity index (χ3n) is 3.23. The van der Waals surface area contributed by atoms with Gasteiger partial charge in [-0.15, -0.1) is 0 Å². The molecule has 0 saturated heterocycles. The van der Waals surface area contributed by atoms with Crippen LogP contribution in [-0.4, -0.2) is 27.2 Å². The molecular weight excluding hydrogens is 320 g/mol. The van der Waals surface area contributed by atoms with E-state index in [0.29, 0.717) is 5.69 Å². The molecule has 1 N–H and O–H groups in total. The van der Waals surface area contributed by atoms with Crippen molar-refractivity contribution in [1.82, 2.24) is 4.57 Å². The summed E-state index contributed by atoms with van der Waals surface area (Å²) in [6, 6.07) is 6.43. The maximum Gasteiger partial charge on any atom is 0.372 e. The van der Waals surface area contributed by atoms with Crippen LogP contribution < -0.4 is 0 Å². The Bertz CT molecular complexity index is 824. The minimum absolute atomic E-state index is 0.0541. The molecule has 2 aromatic rings. The van der Waals surface area contributed by atoms with Crippen LogP contribution in [0.5, 0.6) is 0 Å². The van der Waals surface area contributed by atoms with Crippen molar-refractivity contribution >= 4 is 23.6 Å². The summed E-state index contributed by atoms with van der Waals surface area (Å²) in [5.74, 6) is -4.63. The summed E-state index contributed by atoms with van der Waals surface area (Å²) in [6.07, 6.45) is 3.35. The average Bonchev–Trinajstić information content (AvgIpc) is 2.96. The van der Waals surface area contributed by atoms with E-state index in [1.54, 1.807) is 22.9 Å². The Morgan fingerprint density at radius 1 is 1.17 bits per heavy atom. The molecule has 7 heteroatoms. The minimum atomic E-state index is -1.67. The van der Waals surface area contributed by atoms with E-state index in [1.807, 2.05) is 0 Å². The molecule has 0 fully saturated rings. The SMILES string of the molecule is O=C(/C=C/c1cccn1Cc1cc(F)ccc1F)CC(=O)C(=O)O. The fraction of sp³-hybridized carbons (Fsp3) is 0.118. The summed E-state index contributed by atoms with van der Waals surface area (Å²) >= 11 is 0. The first-order valence-electron chi connectivity index (χ1n) is 6.93. The first-order valence-corrected chi connectivity index (χ1v) is 6.93. The van der Waals surface area contributed by atoms with Crippen LogP contribution in [0.25, 0.3) is 6.08 Å². The van der Waals surface area contributed by atoms with Crippen molar-refractivity contribution in [3.63, 3.8) is 0 Å². The third kappa shape index (κ3) is 4.45. The number of allylic oxidation sites excluding steroid dienone is 1. The number of hydrogen-bond donors (Lipinski definition) is 1. The normalized spacial score (nSPS) is 10.9. The van der Waals surface area contributed by atoms with Crippen LogP contribution in [0.3, 0.4) is 0 Å². The number of ketones is 2. The molecule has 0 spiro atoms. The van der Waals surface area contributed by atoms with E-state index >= 15 is 0 Å². The lowest BCUT2D eigenvalue weighted by molar-refractivity contribution is -0.149. The molecule has 0 radical (unpaired) electrons. The number of halogens is 2. The zero-order valence-corrected chi connectivity index (χ0v) is 12.4. The highest BCUT2D eigenvalue weighted by atomic mass is 19.1. The largest absolute Gasteiger partial charge is 0.475 e. The molecule has 0 bridgehead atoms. The third-order valence-corrected chi connectivity index (χ3v) is 3.23. The second kappa shape index (κ2) is 7.45. The Morgan fingerprint density at radius 3 is 2.62 bits per heavy atom. The first kappa shape index (κ1) is 17.3. The van der Waals surface area contributed by atoms with Crippen molar-refractivity contribution in [3.8, 4) is 0 Å². The fourth-order valence-electron chi connectivity index (χ4n) is 2.04. The van der Waals surface area contributed by atoms with Crippen molar-refractivity contribution in [3.05, 3.63) is 65.5 Å². The molecule has 5 nitrogen and oxygen atoms in total. The van der Waals surface area contributed by atoms with Gasteiger partial charge >= 0.3 is 5.97 Å². The van der Waals surface area contributed by atoms with Gasteiger partial charge in [0.15, 0.2) is 5.78 Å². The summed E-state index contributed by atoms with van der Waals surface area (Å²) in [5.41, 5.74) is 0.669. The Kier molecular flexibility index (Phi) is 5.36. The summed E-state index contributed by atoms with van der Waals surface area (Å²) in [6.45, 7) is 0.0541. The van der Waals surface area contributed by atoms with E-state index < -0.39 is 35.6 Å². The maximum absolute atomic E-state index is 13.7. The number of nitrogens with zero attached hydrogens (tertiary/aromatic N) is 1. The van der Waals surface area contributed by atoms with E-state index in [1.165, 1.54) is 6.08 Å². The Hall–Kier alpha value is -3.09. The number of hydrogen-bond acceptors (Lipinski definition) is 3. The Balaban J connectivity index is 2.11. The van der Waals surface area contributed by atoms with Crippen LogP contribution >= 0.6 is 0 Å². The van der Waals surface area contributed by atoms with Crippen molar-refractivity contribution < 1.29 is 28.3 Å². The predicted molar refractivity (Wildman–Crippen MR) is 81.2 cm³/mol. The molecule has 0 aliphatic carbocycles. The summed E-state index contributed by atoms with van der Waals surface area (Å²) in [5, 5.41) is 8.44. The molecule has 0 saturated carbocycles. The standard InChI is InChI=1S/C17H13F2NO4/c18-12-3-6-15(19)11(8-12)10-20-7-1-2-13(20)4-5-14(21)9-16(22)17(23)24/h1-8H,9-10H2,(H,23,24)/b5-4+. The quantitative estimate of drug-likeness (QED) is 0.480. The van der Waals surface area contributed by atoms with Gasteiger partial charge in [-0.25, -0.2) is 13.6 Å². The lowest BCUT2D eigenvalue weighted by Crippen LogP contribution is -2.15. The molecule has 24 heavy (non-hydrogen) atoms. The van der Waals surface area contributed by atoms with Crippen LogP contribution in [0.1, 0.15) is 17.7 Å². The average molecular weight is 333 g/mol. The van der Waals surface area contributed by atoms with E-state index in [-0.39, 0.29) is 12.1 Å². The lowest BCUT2D eigenvalue weighted by atomic mass is 10.2. The minimum Gasteiger partial charge on any atom is -0.475 e. The van der Waals surface area contributed by atoms with Crippen molar-refractivity contribution in [1.29, 1.82) is 0 Å². The van der Waals surface area contributed by atoms with Gasteiger partial charge in [-0.1, -0.05) is 0 Å². The zero-order chi connectivity index (χ0) is 17.7. The number of carbonyl (C=O) groups excluding carboxylic acids is 2. The first-order chi connectivity index (χ1) is 11.4. The predicted octanol–water partition coefficient (Wildman–Crippen LogP) is 2.44. The smallest absolute Gasteiger partial charge is 0.372 e. The van der Waals surface area contributed by atoms with Crippen LogP contribution in [0.15, 0.2) is 42.6 Å². The topological polar surface area (TPSA) is 76.4 Å². The number of aliphatic carboxylic acids is 1. The molecule has 0 atom stereocenters. The van der Waals surface area contributed by atoms with Gasteiger partial charge in [0, 0.05) is 17.5 Å². The summed E-state index contributed by atoms with van der Waals surface area (Å²) in [7, 11) is 0. The number of rotatable bonds is 7. The van der Waals surface area contributed by atoms with Crippen LogP contribution in [0.2, 0.25) is 0 Å². The fourth-order valence-corrected chi connectivity index (χ4v) is 2.04. The molecule has 124 valence electrons. The molecule has 2 rings (SSSR count). The molecule has 0 amide bonds. The zero-order valence-electron chi connectivity index (χ0n) is 12.4. The maximum atomic E-state index is 13.7. The van der Waals surface area contributed by atoms with Crippen molar-refractivity contribution in [2.24, 2.45) is 0 Å².